The van der Waals surface area contributed by atoms with Crippen molar-refractivity contribution in [1.29, 1.82) is 0 Å². The number of methoxy groups -OCH3 is 2. The molecule has 0 bridgehead atoms. The van der Waals surface area contributed by atoms with Crippen molar-refractivity contribution in [1.82, 2.24) is 5.32 Å². The highest BCUT2D eigenvalue weighted by atomic mass is 16.7. The first kappa shape index (κ1) is 17.6. The minimum absolute atomic E-state index is 0.131. The SMILES string of the molecule is COC(OC)[C@@]1(O)CC(=O)[C@H](NC(C)=O)[C@@H](c2ccccc2)C1. The van der Waals surface area contributed by atoms with Gasteiger partial charge in [-0.3, -0.25) is 9.59 Å². The van der Waals surface area contributed by atoms with Crippen LogP contribution < -0.4 is 5.32 Å². The van der Waals surface area contributed by atoms with Crippen LogP contribution in [-0.4, -0.2) is 48.9 Å². The van der Waals surface area contributed by atoms with E-state index in [0.717, 1.165) is 5.56 Å². The molecular formula is C17H23NO5. The molecule has 0 aliphatic heterocycles. The van der Waals surface area contributed by atoms with E-state index in [9.17, 15) is 14.7 Å². The maximum atomic E-state index is 12.6. The summed E-state index contributed by atoms with van der Waals surface area (Å²) in [6.45, 7) is 1.38. The average Bonchev–Trinajstić information content (AvgIpc) is 2.51. The van der Waals surface area contributed by atoms with Gasteiger partial charge >= 0.3 is 0 Å². The highest BCUT2D eigenvalue weighted by Gasteiger charge is 2.50. The van der Waals surface area contributed by atoms with Crippen LogP contribution >= 0.6 is 0 Å². The molecule has 2 rings (SSSR count). The number of ether oxygens (including phenoxy) is 2. The highest BCUT2D eigenvalue weighted by Crippen LogP contribution is 2.40. The predicted molar refractivity (Wildman–Crippen MR) is 83.8 cm³/mol. The van der Waals surface area contributed by atoms with Crippen molar-refractivity contribution in [3.8, 4) is 0 Å². The lowest BCUT2D eigenvalue weighted by Gasteiger charge is -2.43. The lowest BCUT2D eigenvalue weighted by atomic mass is 9.71. The van der Waals surface area contributed by atoms with E-state index in [-0.39, 0.29) is 30.4 Å². The van der Waals surface area contributed by atoms with E-state index in [1.165, 1.54) is 21.1 Å². The summed E-state index contributed by atoms with van der Waals surface area (Å²) in [6.07, 6.45) is -0.788. The first-order chi connectivity index (χ1) is 10.9. The van der Waals surface area contributed by atoms with Gasteiger partial charge in [-0.05, 0) is 12.0 Å². The minimum atomic E-state index is -1.43. The van der Waals surface area contributed by atoms with Crippen LogP contribution in [0.15, 0.2) is 30.3 Å². The topological polar surface area (TPSA) is 84.9 Å². The largest absolute Gasteiger partial charge is 0.384 e. The van der Waals surface area contributed by atoms with Gasteiger partial charge in [-0.15, -0.1) is 0 Å². The number of nitrogens with one attached hydrogen (secondary N) is 1. The first-order valence-corrected chi connectivity index (χ1v) is 7.54. The third-order valence-corrected chi connectivity index (χ3v) is 4.26. The van der Waals surface area contributed by atoms with E-state index in [2.05, 4.69) is 5.32 Å². The second kappa shape index (κ2) is 7.21. The predicted octanol–water partition coefficient (Wildman–Crippen LogP) is 0.988. The van der Waals surface area contributed by atoms with Crippen LogP contribution in [0.1, 0.15) is 31.2 Å². The number of carbonyl (C=O) groups excluding carboxylic acids is 2. The summed E-state index contributed by atoms with van der Waals surface area (Å²) in [5, 5.41) is 13.6. The van der Waals surface area contributed by atoms with Gasteiger partial charge in [-0.2, -0.15) is 0 Å². The number of rotatable bonds is 5. The number of carbonyl (C=O) groups is 2. The lowest BCUT2D eigenvalue weighted by molar-refractivity contribution is -0.226. The third-order valence-electron chi connectivity index (χ3n) is 4.26. The fraction of sp³-hybridized carbons (Fsp3) is 0.529. The summed E-state index contributed by atoms with van der Waals surface area (Å²) in [4.78, 5) is 24.0. The number of hydrogen-bond donors (Lipinski definition) is 2. The van der Waals surface area contributed by atoms with E-state index in [1.807, 2.05) is 30.3 Å². The van der Waals surface area contributed by atoms with Crippen molar-refractivity contribution in [3.05, 3.63) is 35.9 Å². The van der Waals surface area contributed by atoms with Gasteiger partial charge in [-0.1, -0.05) is 30.3 Å². The van der Waals surface area contributed by atoms with Crippen molar-refractivity contribution in [2.75, 3.05) is 14.2 Å². The van der Waals surface area contributed by atoms with Crippen LogP contribution in [0.2, 0.25) is 0 Å². The van der Waals surface area contributed by atoms with Crippen LogP contribution in [0.3, 0.4) is 0 Å². The molecule has 2 N–H and O–H groups in total. The van der Waals surface area contributed by atoms with Gasteiger partial charge in [0.05, 0.1) is 6.04 Å². The number of benzene rings is 1. The molecule has 6 heteroatoms. The Kier molecular flexibility index (Phi) is 5.51. The maximum absolute atomic E-state index is 12.6. The van der Waals surface area contributed by atoms with Crippen LogP contribution in [0.5, 0.6) is 0 Å². The zero-order valence-electron chi connectivity index (χ0n) is 13.6. The summed E-state index contributed by atoms with van der Waals surface area (Å²) < 4.78 is 10.4. The van der Waals surface area contributed by atoms with E-state index in [4.69, 9.17) is 9.47 Å². The van der Waals surface area contributed by atoms with E-state index in [0.29, 0.717) is 0 Å². The Labute approximate surface area is 135 Å². The Morgan fingerprint density at radius 2 is 1.91 bits per heavy atom. The smallest absolute Gasteiger partial charge is 0.217 e. The van der Waals surface area contributed by atoms with Crippen molar-refractivity contribution in [3.63, 3.8) is 0 Å². The molecule has 1 saturated carbocycles. The van der Waals surface area contributed by atoms with Gasteiger partial charge in [0.1, 0.15) is 5.60 Å². The molecule has 0 heterocycles. The zero-order valence-corrected chi connectivity index (χ0v) is 13.6. The van der Waals surface area contributed by atoms with Crippen molar-refractivity contribution < 1.29 is 24.2 Å². The Hall–Kier alpha value is -1.76. The zero-order chi connectivity index (χ0) is 17.0. The van der Waals surface area contributed by atoms with Crippen molar-refractivity contribution >= 4 is 11.7 Å². The maximum Gasteiger partial charge on any atom is 0.217 e. The quantitative estimate of drug-likeness (QED) is 0.790. The van der Waals surface area contributed by atoms with E-state index >= 15 is 0 Å². The molecule has 1 fully saturated rings. The summed E-state index contributed by atoms with van der Waals surface area (Å²) in [6, 6.07) is 8.70. The summed E-state index contributed by atoms with van der Waals surface area (Å²) in [5.41, 5.74) is -0.556. The fourth-order valence-corrected chi connectivity index (χ4v) is 3.33. The van der Waals surface area contributed by atoms with Crippen LogP contribution in [0.4, 0.5) is 0 Å². The number of amides is 1. The Bertz CT molecular complexity index is 557. The normalized spacial score (nSPS) is 28.0. The van der Waals surface area contributed by atoms with Gasteiger partial charge < -0.3 is 19.9 Å². The summed E-state index contributed by atoms with van der Waals surface area (Å²) >= 11 is 0. The molecule has 0 saturated heterocycles. The number of aliphatic hydroxyl groups is 1. The molecular weight excluding hydrogens is 298 g/mol. The number of hydrogen-bond acceptors (Lipinski definition) is 5. The standard InChI is InChI=1S/C17H23NO5/c1-11(19)18-15-13(12-7-5-4-6-8-12)9-17(21,10-14(15)20)16(22-2)23-3/h4-8,13,15-16,21H,9-10H2,1-3H3,(H,18,19)/t13-,15-,17+/m1/s1. The number of ketones is 1. The van der Waals surface area contributed by atoms with E-state index in [1.54, 1.807) is 0 Å². The Morgan fingerprint density at radius 3 is 2.43 bits per heavy atom. The lowest BCUT2D eigenvalue weighted by Crippen LogP contribution is -2.58. The second-order valence-electron chi connectivity index (χ2n) is 5.95. The average molecular weight is 321 g/mol. The molecule has 126 valence electrons. The minimum Gasteiger partial charge on any atom is -0.384 e. The summed E-state index contributed by atoms with van der Waals surface area (Å²) in [5.74, 6) is -0.856. The molecule has 1 aromatic carbocycles. The molecule has 3 atom stereocenters. The van der Waals surface area contributed by atoms with Gasteiger partial charge in [0.25, 0.3) is 0 Å². The summed E-state index contributed by atoms with van der Waals surface area (Å²) in [7, 11) is 2.85. The van der Waals surface area contributed by atoms with Crippen LogP contribution in [0, 0.1) is 0 Å². The van der Waals surface area contributed by atoms with E-state index < -0.39 is 17.9 Å². The Balaban J connectivity index is 2.38. The molecule has 0 aromatic heterocycles. The van der Waals surface area contributed by atoms with Gasteiger partial charge in [0.15, 0.2) is 12.1 Å². The van der Waals surface area contributed by atoms with Crippen molar-refractivity contribution in [2.45, 2.75) is 43.6 Å². The molecule has 0 unspecified atom stereocenters. The molecule has 1 amide bonds. The molecule has 23 heavy (non-hydrogen) atoms. The molecule has 0 spiro atoms. The monoisotopic (exact) mass is 321 g/mol. The van der Waals surface area contributed by atoms with Gasteiger partial charge in [0.2, 0.25) is 5.91 Å². The second-order valence-corrected chi connectivity index (χ2v) is 5.95. The molecule has 0 radical (unpaired) electrons. The fourth-order valence-electron chi connectivity index (χ4n) is 3.33. The Morgan fingerprint density at radius 1 is 1.30 bits per heavy atom. The van der Waals surface area contributed by atoms with Gasteiger partial charge in [-0.25, -0.2) is 0 Å². The van der Waals surface area contributed by atoms with Crippen molar-refractivity contribution in [2.24, 2.45) is 0 Å². The number of Topliss-reactive ketones (excluding diaryl/α,β-unsaturated/α-hetero) is 1. The first-order valence-electron chi connectivity index (χ1n) is 7.54. The third kappa shape index (κ3) is 3.77. The van der Waals surface area contributed by atoms with Gasteiger partial charge in [0, 0.05) is 33.5 Å². The van der Waals surface area contributed by atoms with Crippen LogP contribution in [-0.2, 0) is 19.1 Å². The molecule has 1 aliphatic rings. The molecule has 1 aromatic rings. The van der Waals surface area contributed by atoms with Crippen LogP contribution in [0.25, 0.3) is 0 Å². The molecule has 1 aliphatic carbocycles. The molecule has 6 nitrogen and oxygen atoms in total. The highest BCUT2D eigenvalue weighted by molar-refractivity contribution is 5.91.